The third-order valence-electron chi connectivity index (χ3n) is 6.12. The Balaban J connectivity index is 2.30. The highest BCUT2D eigenvalue weighted by atomic mass is 32.2. The topological polar surface area (TPSA) is 61.8 Å². The van der Waals surface area contributed by atoms with Crippen LogP contribution in [0.3, 0.4) is 0 Å². The Hall–Kier alpha value is -1.26. The van der Waals surface area contributed by atoms with E-state index in [0.717, 1.165) is 22.4 Å². The van der Waals surface area contributed by atoms with Crippen LogP contribution >= 0.6 is 0 Å². The summed E-state index contributed by atoms with van der Waals surface area (Å²) in [6.07, 6.45) is 0.825. The van der Waals surface area contributed by atoms with Crippen LogP contribution in [0.25, 0.3) is 0 Å². The second kappa shape index (κ2) is 7.70. The van der Waals surface area contributed by atoms with E-state index in [2.05, 4.69) is 38.0 Å². The standard InChI is InChI=1S/C20H31F3O5SSi/c1-13-14(2)17-15(11-16(13)28-30(7,8)18(3,4)5)9-10-19(6,27-17)12-26-29(24,25)20(21,22)23/h11H,9-10,12H2,1-8H3/t19-/m0/s1. The lowest BCUT2D eigenvalue weighted by atomic mass is 9.90. The molecule has 10 heteroatoms. The summed E-state index contributed by atoms with van der Waals surface area (Å²) in [6, 6.07) is 1.94. The van der Waals surface area contributed by atoms with Crippen molar-refractivity contribution >= 4 is 18.4 Å². The fourth-order valence-corrected chi connectivity index (χ4v) is 4.46. The summed E-state index contributed by atoms with van der Waals surface area (Å²) < 4.78 is 76.9. The molecule has 5 nitrogen and oxygen atoms in total. The van der Waals surface area contributed by atoms with Crippen molar-refractivity contribution in [1.82, 2.24) is 0 Å². The molecule has 0 unspecified atom stereocenters. The van der Waals surface area contributed by atoms with Crippen molar-refractivity contribution in [1.29, 1.82) is 0 Å². The van der Waals surface area contributed by atoms with Gasteiger partial charge in [-0.15, -0.1) is 0 Å². The molecule has 0 radical (unpaired) electrons. The van der Waals surface area contributed by atoms with Gasteiger partial charge in [-0.1, -0.05) is 20.8 Å². The van der Waals surface area contributed by atoms with Crippen molar-refractivity contribution in [2.45, 2.75) is 83.6 Å². The van der Waals surface area contributed by atoms with E-state index in [4.69, 9.17) is 9.16 Å². The number of hydrogen-bond donors (Lipinski definition) is 0. The van der Waals surface area contributed by atoms with Gasteiger partial charge in [-0.2, -0.15) is 21.6 Å². The zero-order chi connectivity index (χ0) is 23.3. The molecule has 0 bridgehead atoms. The molecule has 1 atom stereocenters. The molecule has 0 saturated heterocycles. The van der Waals surface area contributed by atoms with Crippen LogP contribution in [0.15, 0.2) is 6.07 Å². The van der Waals surface area contributed by atoms with Crippen molar-refractivity contribution < 1.29 is 34.9 Å². The number of aryl methyl sites for hydroxylation is 1. The van der Waals surface area contributed by atoms with Crippen LogP contribution in [0, 0.1) is 13.8 Å². The van der Waals surface area contributed by atoms with E-state index in [0.29, 0.717) is 18.6 Å². The van der Waals surface area contributed by atoms with Crippen molar-refractivity contribution in [3.63, 3.8) is 0 Å². The maximum Gasteiger partial charge on any atom is 0.523 e. The van der Waals surface area contributed by atoms with Crippen molar-refractivity contribution in [3.05, 3.63) is 22.8 Å². The number of fused-ring (bicyclic) bond motifs is 1. The molecule has 1 aliphatic heterocycles. The van der Waals surface area contributed by atoms with Gasteiger partial charge >= 0.3 is 15.6 Å². The van der Waals surface area contributed by atoms with Crippen LogP contribution in [0.4, 0.5) is 13.2 Å². The van der Waals surface area contributed by atoms with Gasteiger partial charge < -0.3 is 9.16 Å². The molecule has 0 spiro atoms. The number of rotatable bonds is 5. The Morgan fingerprint density at radius 1 is 1.17 bits per heavy atom. The maximum absolute atomic E-state index is 12.6. The Bertz CT molecular complexity index is 920. The van der Waals surface area contributed by atoms with Gasteiger partial charge in [0.2, 0.25) is 8.32 Å². The van der Waals surface area contributed by atoms with Gasteiger partial charge in [0.15, 0.2) is 0 Å². The quantitative estimate of drug-likeness (QED) is 0.318. The third kappa shape index (κ3) is 4.96. The lowest BCUT2D eigenvalue weighted by molar-refractivity contribution is -0.0606. The highest BCUT2D eigenvalue weighted by Crippen LogP contribution is 2.44. The first-order valence-electron chi connectivity index (χ1n) is 9.76. The molecular weight excluding hydrogens is 437 g/mol. The molecule has 1 heterocycles. The summed E-state index contributed by atoms with van der Waals surface area (Å²) in [5.74, 6) is 1.35. The summed E-state index contributed by atoms with van der Waals surface area (Å²) in [7, 11) is -7.73. The summed E-state index contributed by atoms with van der Waals surface area (Å²) in [5, 5.41) is 0.0274. The average molecular weight is 469 g/mol. The monoisotopic (exact) mass is 468 g/mol. The number of halogens is 3. The average Bonchev–Trinajstić information content (AvgIpc) is 2.57. The first kappa shape index (κ1) is 25.0. The fourth-order valence-electron chi connectivity index (χ4n) is 2.86. The van der Waals surface area contributed by atoms with E-state index in [-0.39, 0.29) is 5.04 Å². The van der Waals surface area contributed by atoms with E-state index in [9.17, 15) is 21.6 Å². The van der Waals surface area contributed by atoms with Gasteiger partial charge in [0.05, 0.1) is 0 Å². The molecule has 0 N–H and O–H groups in total. The molecule has 1 aromatic rings. The van der Waals surface area contributed by atoms with Crippen LogP contribution in [0.1, 0.15) is 50.8 Å². The molecule has 1 aromatic carbocycles. The van der Waals surface area contributed by atoms with Crippen LogP contribution in [-0.2, 0) is 20.7 Å². The van der Waals surface area contributed by atoms with Gasteiger partial charge in [-0.25, -0.2) is 0 Å². The lowest BCUT2D eigenvalue weighted by Gasteiger charge is -2.39. The third-order valence-corrected chi connectivity index (χ3v) is 11.5. The summed E-state index contributed by atoms with van der Waals surface area (Å²) in [5.41, 5.74) is -4.04. The Morgan fingerprint density at radius 3 is 2.23 bits per heavy atom. The Morgan fingerprint density at radius 2 is 1.73 bits per heavy atom. The van der Waals surface area contributed by atoms with E-state index < -0.39 is 36.2 Å². The molecule has 0 fully saturated rings. The summed E-state index contributed by atoms with van der Waals surface area (Å²) >= 11 is 0. The van der Waals surface area contributed by atoms with Gasteiger partial charge in [-0.3, -0.25) is 4.18 Å². The maximum atomic E-state index is 12.6. The number of alkyl halides is 3. The normalized spacial score (nSPS) is 20.5. The molecule has 172 valence electrons. The van der Waals surface area contributed by atoms with Gasteiger partial charge in [0, 0.05) is 0 Å². The first-order valence-corrected chi connectivity index (χ1v) is 14.1. The summed E-state index contributed by atoms with van der Waals surface area (Å²) in [4.78, 5) is 0. The van der Waals surface area contributed by atoms with Crippen molar-refractivity contribution in [2.24, 2.45) is 0 Å². The SMILES string of the molecule is Cc1c(O[Si](C)(C)C(C)(C)C)cc2c(c1C)O[C@](C)(COS(=O)(=O)C(F)(F)F)CC2. The van der Waals surface area contributed by atoms with Gasteiger partial charge in [-0.05, 0) is 74.5 Å². The molecule has 0 saturated carbocycles. The minimum Gasteiger partial charge on any atom is -0.543 e. The number of ether oxygens (including phenoxy) is 1. The van der Waals surface area contributed by atoms with E-state index >= 15 is 0 Å². The van der Waals surface area contributed by atoms with Crippen LogP contribution in [0.5, 0.6) is 11.5 Å². The van der Waals surface area contributed by atoms with Crippen molar-refractivity contribution in [2.75, 3.05) is 6.61 Å². The van der Waals surface area contributed by atoms with E-state index in [1.807, 2.05) is 19.9 Å². The zero-order valence-electron chi connectivity index (χ0n) is 18.8. The minimum atomic E-state index is -5.67. The first-order chi connectivity index (χ1) is 13.3. The molecule has 0 aliphatic carbocycles. The molecule has 30 heavy (non-hydrogen) atoms. The Kier molecular flexibility index (Phi) is 6.42. The molecule has 2 rings (SSSR count). The highest BCUT2D eigenvalue weighted by Gasteiger charge is 2.49. The van der Waals surface area contributed by atoms with Crippen LogP contribution in [-0.4, -0.2) is 34.5 Å². The molecule has 0 amide bonds. The predicted molar refractivity (Wildman–Crippen MR) is 112 cm³/mol. The summed E-state index contributed by atoms with van der Waals surface area (Å²) in [6.45, 7) is 15.4. The molecular formula is C20H31F3O5SSi. The Labute approximate surface area is 178 Å². The van der Waals surface area contributed by atoms with Gasteiger partial charge in [0.1, 0.15) is 23.7 Å². The van der Waals surface area contributed by atoms with Crippen LogP contribution < -0.4 is 9.16 Å². The fraction of sp³-hybridized carbons (Fsp3) is 0.700. The minimum absolute atomic E-state index is 0.0274. The van der Waals surface area contributed by atoms with E-state index in [1.165, 1.54) is 0 Å². The second-order valence-electron chi connectivity index (χ2n) is 9.69. The molecule has 0 aromatic heterocycles. The number of benzene rings is 1. The van der Waals surface area contributed by atoms with E-state index in [1.54, 1.807) is 6.92 Å². The number of hydrogen-bond acceptors (Lipinski definition) is 5. The zero-order valence-corrected chi connectivity index (χ0v) is 20.6. The smallest absolute Gasteiger partial charge is 0.523 e. The largest absolute Gasteiger partial charge is 0.543 e. The predicted octanol–water partition coefficient (Wildman–Crippen LogP) is 5.64. The highest BCUT2D eigenvalue weighted by molar-refractivity contribution is 7.87. The van der Waals surface area contributed by atoms with Gasteiger partial charge in [0.25, 0.3) is 0 Å². The molecule has 1 aliphatic rings. The van der Waals surface area contributed by atoms with Crippen molar-refractivity contribution in [3.8, 4) is 11.5 Å². The van der Waals surface area contributed by atoms with Crippen LogP contribution in [0.2, 0.25) is 18.1 Å². The lowest BCUT2D eigenvalue weighted by Crippen LogP contribution is -2.44. The second-order valence-corrected chi connectivity index (χ2v) is 16.0.